The number of ether oxygens (including phenoxy) is 1. The molecule has 2 N–H and O–H groups in total. The van der Waals surface area contributed by atoms with Gasteiger partial charge in [-0.2, -0.15) is 0 Å². The van der Waals surface area contributed by atoms with E-state index in [9.17, 15) is 13.2 Å². The summed E-state index contributed by atoms with van der Waals surface area (Å²) in [4.78, 5) is 12.9. The van der Waals surface area contributed by atoms with Crippen molar-refractivity contribution in [2.24, 2.45) is 0 Å². The van der Waals surface area contributed by atoms with Crippen molar-refractivity contribution in [3.63, 3.8) is 0 Å². The molecule has 1 amide bonds. The molecule has 0 saturated carbocycles. The molecule has 40 heavy (non-hydrogen) atoms. The van der Waals surface area contributed by atoms with Gasteiger partial charge in [0.1, 0.15) is 11.8 Å². The highest BCUT2D eigenvalue weighted by Gasteiger charge is 2.36. The smallest absolute Gasteiger partial charge is 0.264 e. The van der Waals surface area contributed by atoms with Crippen LogP contribution in [0, 0.1) is 0 Å². The molecule has 0 radical (unpaired) electrons. The van der Waals surface area contributed by atoms with Crippen molar-refractivity contribution in [2.45, 2.75) is 75.5 Å². The van der Waals surface area contributed by atoms with Crippen molar-refractivity contribution in [3.8, 4) is 5.75 Å². The lowest BCUT2D eigenvalue weighted by Gasteiger charge is -2.31. The number of nitrogens with one attached hydrogen (secondary N) is 2. The molecule has 2 aromatic carbocycles. The van der Waals surface area contributed by atoms with Gasteiger partial charge in [0.2, 0.25) is 5.91 Å². The van der Waals surface area contributed by atoms with Crippen molar-refractivity contribution in [1.29, 1.82) is 0 Å². The van der Waals surface area contributed by atoms with Gasteiger partial charge in [-0.15, -0.1) is 5.10 Å². The fourth-order valence-corrected chi connectivity index (χ4v) is 6.61. The number of rotatable bonds is 8. The molecule has 3 aromatic rings. The Hall–Kier alpha value is -3.70. The SMILES string of the molecule is COc1ccc(S(=O)(=O)N2C=CNC(=O)[C@H]2Cc2cn([C@@H]3CCCc4cc(CNC(C)(C)C)ccc43)nn2)cc1. The highest BCUT2D eigenvalue weighted by atomic mass is 32.2. The number of sulfonamides is 1. The van der Waals surface area contributed by atoms with Gasteiger partial charge in [0.25, 0.3) is 10.0 Å². The minimum Gasteiger partial charge on any atom is -0.497 e. The third-order valence-corrected chi connectivity index (χ3v) is 9.08. The number of carbonyl (C=O) groups excluding carboxylic acids is 1. The number of aryl methyl sites for hydroxylation is 1. The van der Waals surface area contributed by atoms with Crippen LogP contribution in [0.25, 0.3) is 0 Å². The van der Waals surface area contributed by atoms with E-state index in [4.69, 9.17) is 4.74 Å². The van der Waals surface area contributed by atoms with Crippen molar-refractivity contribution >= 4 is 15.9 Å². The third-order valence-electron chi connectivity index (χ3n) is 7.28. The lowest BCUT2D eigenvalue weighted by Crippen LogP contribution is -2.50. The fourth-order valence-electron chi connectivity index (χ4n) is 5.16. The summed E-state index contributed by atoms with van der Waals surface area (Å²) in [6, 6.07) is 11.7. The first kappa shape index (κ1) is 27.9. The fraction of sp³-hybridized carbons (Fsp3) is 0.414. The Morgan fingerprint density at radius 1 is 1.15 bits per heavy atom. The number of methoxy groups -OCH3 is 1. The maximum Gasteiger partial charge on any atom is 0.264 e. The first-order valence-corrected chi connectivity index (χ1v) is 14.9. The Morgan fingerprint density at radius 2 is 1.93 bits per heavy atom. The largest absolute Gasteiger partial charge is 0.497 e. The van der Waals surface area contributed by atoms with Crippen LogP contribution in [0.2, 0.25) is 0 Å². The number of benzene rings is 2. The molecule has 1 aromatic heterocycles. The van der Waals surface area contributed by atoms with Crippen molar-refractivity contribution in [1.82, 2.24) is 29.9 Å². The van der Waals surface area contributed by atoms with E-state index < -0.39 is 22.0 Å². The lowest BCUT2D eigenvalue weighted by molar-refractivity contribution is -0.124. The summed E-state index contributed by atoms with van der Waals surface area (Å²) in [5, 5.41) is 14.9. The molecule has 5 rings (SSSR count). The van der Waals surface area contributed by atoms with Crippen LogP contribution < -0.4 is 15.4 Å². The predicted octanol–water partition coefficient (Wildman–Crippen LogP) is 3.30. The molecular formula is C29H36N6O4S. The number of fused-ring (bicyclic) bond motifs is 1. The predicted molar refractivity (Wildman–Crippen MR) is 151 cm³/mol. The molecule has 0 unspecified atom stereocenters. The van der Waals surface area contributed by atoms with Crippen molar-refractivity contribution in [2.75, 3.05) is 7.11 Å². The highest BCUT2D eigenvalue weighted by Crippen LogP contribution is 2.33. The normalized spacial score (nSPS) is 19.3. The van der Waals surface area contributed by atoms with Crippen LogP contribution in [0.1, 0.15) is 62.0 Å². The topological polar surface area (TPSA) is 118 Å². The van der Waals surface area contributed by atoms with Gasteiger partial charge >= 0.3 is 0 Å². The van der Waals surface area contributed by atoms with Gasteiger partial charge in [0.05, 0.1) is 23.7 Å². The molecule has 11 heteroatoms. The van der Waals surface area contributed by atoms with Gasteiger partial charge in [-0.05, 0) is 81.0 Å². The molecule has 0 spiro atoms. The van der Waals surface area contributed by atoms with Crippen LogP contribution in [0.3, 0.4) is 0 Å². The van der Waals surface area contributed by atoms with Crippen LogP contribution in [-0.4, -0.2) is 52.3 Å². The zero-order chi connectivity index (χ0) is 28.5. The highest BCUT2D eigenvalue weighted by molar-refractivity contribution is 7.89. The Morgan fingerprint density at radius 3 is 2.65 bits per heavy atom. The second kappa shape index (κ2) is 11.1. The molecule has 1 aliphatic carbocycles. The quantitative estimate of drug-likeness (QED) is 0.431. The van der Waals surface area contributed by atoms with E-state index in [-0.39, 0.29) is 22.9 Å². The Balaban J connectivity index is 1.35. The number of hydrogen-bond donors (Lipinski definition) is 2. The molecule has 0 bridgehead atoms. The molecule has 2 aliphatic rings. The molecular weight excluding hydrogens is 528 g/mol. The molecule has 0 fully saturated rings. The lowest BCUT2D eigenvalue weighted by atomic mass is 9.86. The standard InChI is InChI=1S/C29H36N6O4S/c1-29(2,3)31-18-20-8-13-25-21(16-20)6-5-7-26(25)34-19-22(32-33-34)17-27-28(36)30-14-15-35(27)40(37,38)24-11-9-23(39-4)10-12-24/h8-16,19,26-27,31H,5-7,17-18H2,1-4H3,(H,30,36)/t26-,27-/m1/s1. The summed E-state index contributed by atoms with van der Waals surface area (Å²) < 4.78 is 35.0. The minimum absolute atomic E-state index is 0.0360. The van der Waals surface area contributed by atoms with E-state index in [1.807, 2.05) is 10.9 Å². The van der Waals surface area contributed by atoms with E-state index in [1.165, 1.54) is 48.3 Å². The van der Waals surface area contributed by atoms with Gasteiger partial charge in [-0.25, -0.2) is 13.1 Å². The van der Waals surface area contributed by atoms with E-state index >= 15 is 0 Å². The minimum atomic E-state index is -3.99. The van der Waals surface area contributed by atoms with Crippen LogP contribution in [-0.2, 0) is 34.2 Å². The average molecular weight is 565 g/mol. The second-order valence-corrected chi connectivity index (χ2v) is 13.1. The van der Waals surface area contributed by atoms with Gasteiger partial charge in [-0.3, -0.25) is 9.10 Å². The van der Waals surface area contributed by atoms with Crippen LogP contribution in [0.15, 0.2) is 66.0 Å². The van der Waals surface area contributed by atoms with E-state index in [1.54, 1.807) is 12.1 Å². The van der Waals surface area contributed by atoms with Crippen molar-refractivity contribution < 1.29 is 17.9 Å². The number of hydrogen-bond acceptors (Lipinski definition) is 7. The number of carbonyl (C=O) groups is 1. The summed E-state index contributed by atoms with van der Waals surface area (Å²) >= 11 is 0. The first-order chi connectivity index (χ1) is 19.0. The Kier molecular flexibility index (Phi) is 7.70. The number of nitrogens with zero attached hydrogens (tertiary/aromatic N) is 4. The summed E-state index contributed by atoms with van der Waals surface area (Å²) in [7, 11) is -2.48. The van der Waals surface area contributed by atoms with E-state index in [0.717, 1.165) is 30.1 Å². The Labute approximate surface area is 235 Å². The molecule has 1 aliphatic heterocycles. The van der Waals surface area contributed by atoms with E-state index in [0.29, 0.717) is 11.4 Å². The van der Waals surface area contributed by atoms with E-state index in [2.05, 4.69) is 59.9 Å². The summed E-state index contributed by atoms with van der Waals surface area (Å²) in [5.41, 5.74) is 4.38. The van der Waals surface area contributed by atoms with Crippen LogP contribution in [0.4, 0.5) is 0 Å². The zero-order valence-corrected chi connectivity index (χ0v) is 24.1. The van der Waals surface area contributed by atoms with Gasteiger partial charge in [0.15, 0.2) is 0 Å². The maximum absolute atomic E-state index is 13.5. The third kappa shape index (κ3) is 5.90. The first-order valence-electron chi connectivity index (χ1n) is 13.5. The monoisotopic (exact) mass is 564 g/mol. The average Bonchev–Trinajstić information content (AvgIpc) is 3.40. The summed E-state index contributed by atoms with van der Waals surface area (Å²) in [5.74, 6) is 0.120. The van der Waals surface area contributed by atoms with Gasteiger partial charge in [-0.1, -0.05) is 23.4 Å². The number of amides is 1. The maximum atomic E-state index is 13.5. The molecule has 2 heterocycles. The second-order valence-electron chi connectivity index (χ2n) is 11.3. The van der Waals surface area contributed by atoms with Crippen LogP contribution in [0.5, 0.6) is 5.75 Å². The van der Waals surface area contributed by atoms with Crippen LogP contribution >= 0.6 is 0 Å². The summed E-state index contributed by atoms with van der Waals surface area (Å²) in [6.07, 6.45) is 7.61. The van der Waals surface area contributed by atoms with Gasteiger partial charge < -0.3 is 15.4 Å². The number of aromatic nitrogens is 3. The van der Waals surface area contributed by atoms with Crippen molar-refractivity contribution in [3.05, 3.63) is 83.4 Å². The molecule has 212 valence electrons. The molecule has 10 nitrogen and oxygen atoms in total. The molecule has 0 saturated heterocycles. The van der Waals surface area contributed by atoms with Gasteiger partial charge in [0, 0.05) is 37.1 Å². The molecule has 2 atom stereocenters. The summed E-state index contributed by atoms with van der Waals surface area (Å²) in [6.45, 7) is 7.28. The zero-order valence-electron chi connectivity index (χ0n) is 23.3. The Bertz CT molecular complexity index is 1510.